The number of hydrogen-bond donors (Lipinski definition) is 0. The van der Waals surface area contributed by atoms with Crippen molar-refractivity contribution in [2.45, 2.75) is 6.42 Å². The van der Waals surface area contributed by atoms with Gasteiger partial charge in [0.1, 0.15) is 12.1 Å². The van der Waals surface area contributed by atoms with E-state index in [1.54, 1.807) is 0 Å². The van der Waals surface area contributed by atoms with Crippen molar-refractivity contribution in [3.05, 3.63) is 99.3 Å². The van der Waals surface area contributed by atoms with Crippen LogP contribution in [0.1, 0.15) is 22.3 Å². The van der Waals surface area contributed by atoms with Gasteiger partial charge in [0.05, 0.1) is 11.1 Å². The standard InChI is InChI=1S/C27H10I8N2/c28-20-5-14(16-3-1-12(10-36)24(32)26(16)34)6-21(29)18(20)9-19-22(30)7-15(8-23(19)31)17-4-2-13(11-37)25(33)27(17)35/h1-8H,9H2. The third-order valence-electron chi connectivity index (χ3n) is 5.66. The van der Waals surface area contributed by atoms with Crippen LogP contribution in [0.15, 0.2) is 48.5 Å². The zero-order valence-electron chi connectivity index (χ0n) is 18.2. The molecule has 0 heterocycles. The Kier molecular flexibility index (Phi) is 11.8. The van der Waals surface area contributed by atoms with Gasteiger partial charge >= 0.3 is 0 Å². The minimum absolute atomic E-state index is 0.716. The van der Waals surface area contributed by atoms with Crippen molar-refractivity contribution in [1.29, 1.82) is 10.5 Å². The van der Waals surface area contributed by atoms with Crippen LogP contribution in [0.5, 0.6) is 0 Å². The minimum atomic E-state index is 0.716. The van der Waals surface area contributed by atoms with E-state index in [-0.39, 0.29) is 0 Å². The van der Waals surface area contributed by atoms with Crippen molar-refractivity contribution in [3.63, 3.8) is 0 Å². The van der Waals surface area contributed by atoms with Crippen LogP contribution < -0.4 is 0 Å². The highest BCUT2D eigenvalue weighted by atomic mass is 127. The molecule has 2 nitrogen and oxygen atoms in total. The Bertz CT molecular complexity index is 1500. The monoisotopic (exact) mass is 1380 g/mol. The van der Waals surface area contributed by atoms with Crippen molar-refractivity contribution >= 4 is 181 Å². The maximum absolute atomic E-state index is 9.37. The highest BCUT2D eigenvalue weighted by Gasteiger charge is 2.18. The highest BCUT2D eigenvalue weighted by Crippen LogP contribution is 2.37. The Hall–Kier alpha value is 1.70. The summed E-state index contributed by atoms with van der Waals surface area (Å²) >= 11 is 19.1. The molecule has 0 N–H and O–H groups in total. The molecule has 37 heavy (non-hydrogen) atoms. The summed E-state index contributed by atoms with van der Waals surface area (Å²) < 4.78 is 9.18. The van der Waals surface area contributed by atoms with E-state index in [1.807, 2.05) is 12.1 Å². The summed E-state index contributed by atoms with van der Waals surface area (Å²) in [6.07, 6.45) is 0.859. The van der Waals surface area contributed by atoms with Crippen LogP contribution >= 0.6 is 181 Å². The molecule has 0 aliphatic rings. The molecule has 0 fully saturated rings. The predicted molar refractivity (Wildman–Crippen MR) is 218 cm³/mol. The topological polar surface area (TPSA) is 47.6 Å². The lowest BCUT2D eigenvalue weighted by Gasteiger charge is -2.16. The van der Waals surface area contributed by atoms with Crippen molar-refractivity contribution in [2.75, 3.05) is 0 Å². The summed E-state index contributed by atoms with van der Waals surface area (Å²) in [4.78, 5) is 0. The fourth-order valence-electron chi connectivity index (χ4n) is 3.75. The molecule has 0 aliphatic heterocycles. The predicted octanol–water partition coefficient (Wildman–Crippen LogP) is 11.2. The molecule has 0 aliphatic carbocycles. The Balaban J connectivity index is 1.72. The molecular formula is C27H10I8N2. The van der Waals surface area contributed by atoms with Gasteiger partial charge in [-0.3, -0.25) is 0 Å². The SMILES string of the molecule is N#Cc1ccc(-c2cc(I)c(Cc3c(I)cc(-c4ccc(C#N)c(I)c4I)cc3I)c(I)c2)c(I)c1I. The fourth-order valence-corrected chi connectivity index (χ4v) is 10.8. The van der Waals surface area contributed by atoms with Gasteiger partial charge in [-0.05, 0) is 251 Å². The molecule has 0 saturated carbocycles. The van der Waals surface area contributed by atoms with Gasteiger partial charge in [0.25, 0.3) is 0 Å². The zero-order chi connectivity index (χ0) is 27.0. The van der Waals surface area contributed by atoms with Crippen molar-refractivity contribution in [3.8, 4) is 34.4 Å². The zero-order valence-corrected chi connectivity index (χ0v) is 35.5. The highest BCUT2D eigenvalue weighted by molar-refractivity contribution is 14.1. The third-order valence-corrected chi connectivity index (χ3v) is 16.1. The van der Waals surface area contributed by atoms with Crippen molar-refractivity contribution in [2.24, 2.45) is 0 Å². The van der Waals surface area contributed by atoms with Gasteiger partial charge in [-0.15, -0.1) is 0 Å². The number of halogens is 8. The first-order valence-corrected chi connectivity index (χ1v) is 18.9. The molecule has 0 amide bonds. The second-order valence-corrected chi connectivity index (χ2v) is 16.8. The lowest BCUT2D eigenvalue weighted by atomic mass is 9.98. The largest absolute Gasteiger partial charge is 0.192 e. The smallest absolute Gasteiger partial charge is 0.100 e. The van der Waals surface area contributed by atoms with Crippen molar-refractivity contribution < 1.29 is 0 Å². The molecule has 0 atom stereocenters. The van der Waals surface area contributed by atoms with Crippen LogP contribution in [0.25, 0.3) is 22.3 Å². The van der Waals surface area contributed by atoms with Crippen LogP contribution in [-0.4, -0.2) is 0 Å². The van der Waals surface area contributed by atoms with E-state index in [2.05, 4.69) is 229 Å². The number of hydrogen-bond acceptors (Lipinski definition) is 2. The summed E-state index contributed by atoms with van der Waals surface area (Å²) in [5.74, 6) is 0. The number of rotatable bonds is 4. The quantitative estimate of drug-likeness (QED) is 0.191. The van der Waals surface area contributed by atoms with Gasteiger partial charge in [0.15, 0.2) is 0 Å². The van der Waals surface area contributed by atoms with Crippen molar-refractivity contribution in [1.82, 2.24) is 0 Å². The molecule has 0 saturated heterocycles. The van der Waals surface area contributed by atoms with Gasteiger partial charge < -0.3 is 0 Å². The first kappa shape index (κ1) is 31.6. The normalized spacial score (nSPS) is 10.8. The Morgan fingerprint density at radius 1 is 0.486 bits per heavy atom. The second-order valence-electron chi connectivity index (χ2n) is 7.81. The molecule has 184 valence electrons. The lowest BCUT2D eigenvalue weighted by Crippen LogP contribution is -2.02. The molecule has 0 bridgehead atoms. The Morgan fingerprint density at radius 3 is 1.11 bits per heavy atom. The summed E-state index contributed by atoms with van der Waals surface area (Å²) in [5, 5.41) is 18.7. The molecule has 4 aromatic rings. The number of nitrogens with zero attached hydrogens (tertiary/aromatic N) is 2. The summed E-state index contributed by atoms with van der Waals surface area (Å²) in [5.41, 5.74) is 8.76. The van der Waals surface area contributed by atoms with Gasteiger partial charge in [0.2, 0.25) is 0 Å². The maximum Gasteiger partial charge on any atom is 0.100 e. The molecule has 0 unspecified atom stereocenters. The van der Waals surface area contributed by atoms with Crippen LogP contribution in [0.3, 0.4) is 0 Å². The van der Waals surface area contributed by atoms with Gasteiger partial charge in [-0.2, -0.15) is 10.5 Å². The van der Waals surface area contributed by atoms with Gasteiger partial charge in [-0.25, -0.2) is 0 Å². The van der Waals surface area contributed by atoms with E-state index in [9.17, 15) is 10.5 Å². The van der Waals surface area contributed by atoms with E-state index in [4.69, 9.17) is 0 Å². The van der Waals surface area contributed by atoms with E-state index < -0.39 is 0 Å². The van der Waals surface area contributed by atoms with Crippen LogP contribution in [0.4, 0.5) is 0 Å². The summed E-state index contributed by atoms with van der Waals surface area (Å²) in [7, 11) is 0. The lowest BCUT2D eigenvalue weighted by molar-refractivity contribution is 1.13. The van der Waals surface area contributed by atoms with Crippen LogP contribution in [-0.2, 0) is 6.42 Å². The maximum atomic E-state index is 9.37. The Morgan fingerprint density at radius 2 is 0.811 bits per heavy atom. The second kappa shape index (κ2) is 13.8. The first-order chi connectivity index (χ1) is 17.6. The number of benzene rings is 4. The third kappa shape index (κ3) is 6.86. The molecule has 10 heteroatoms. The number of nitriles is 2. The summed E-state index contributed by atoms with van der Waals surface area (Å²) in [6.45, 7) is 0. The van der Waals surface area contributed by atoms with Gasteiger partial charge in [0, 0.05) is 35.0 Å². The molecular weight excluding hydrogens is 1370 g/mol. The first-order valence-electron chi connectivity index (χ1n) is 10.3. The molecule has 0 spiro atoms. The van der Waals surface area contributed by atoms with E-state index in [1.165, 1.54) is 36.5 Å². The van der Waals surface area contributed by atoms with E-state index in [0.717, 1.165) is 31.8 Å². The minimum Gasteiger partial charge on any atom is -0.192 e. The molecule has 0 radical (unpaired) electrons. The molecule has 4 rings (SSSR count). The molecule has 0 aromatic heterocycles. The molecule has 4 aromatic carbocycles. The van der Waals surface area contributed by atoms with Crippen LogP contribution in [0.2, 0.25) is 0 Å². The van der Waals surface area contributed by atoms with E-state index >= 15 is 0 Å². The Labute approximate surface area is 325 Å². The fraction of sp³-hybridized carbons (Fsp3) is 0.0370. The van der Waals surface area contributed by atoms with Gasteiger partial charge in [-0.1, -0.05) is 12.1 Å². The average Bonchev–Trinajstić information content (AvgIpc) is 2.85. The van der Waals surface area contributed by atoms with E-state index in [0.29, 0.717) is 11.1 Å². The van der Waals surface area contributed by atoms with Crippen LogP contribution in [0, 0.1) is 51.2 Å². The summed E-state index contributed by atoms with van der Waals surface area (Å²) in [6, 6.07) is 21.5. The average molecular weight is 1380 g/mol.